The molecule has 0 fully saturated rings. The van der Waals surface area contributed by atoms with Gasteiger partial charge in [-0.05, 0) is 12.0 Å². The maximum atomic E-state index is 12.5. The monoisotopic (exact) mass is 332 g/mol. The zero-order chi connectivity index (χ0) is 17.0. The summed E-state index contributed by atoms with van der Waals surface area (Å²) in [5, 5.41) is 14.9. The molecule has 0 aliphatic rings. The lowest BCUT2D eigenvalue weighted by molar-refractivity contribution is -0.145. The van der Waals surface area contributed by atoms with Crippen molar-refractivity contribution in [2.75, 3.05) is 0 Å². The molecule has 0 saturated carbocycles. The summed E-state index contributed by atoms with van der Waals surface area (Å²) in [7, 11) is 0. The van der Waals surface area contributed by atoms with Crippen LogP contribution in [0.15, 0.2) is 35.7 Å². The van der Waals surface area contributed by atoms with Gasteiger partial charge in [-0.3, -0.25) is 4.79 Å². The second kappa shape index (κ2) is 6.91. The first-order chi connectivity index (χ1) is 10.9. The molecular weight excluding hydrogens is 312 g/mol. The van der Waals surface area contributed by atoms with Gasteiger partial charge in [0.1, 0.15) is 5.69 Å². The van der Waals surface area contributed by atoms with Crippen molar-refractivity contribution in [1.82, 2.24) is 10.3 Å². The zero-order valence-electron chi connectivity index (χ0n) is 13.4. The van der Waals surface area contributed by atoms with Gasteiger partial charge >= 0.3 is 5.97 Å². The fourth-order valence-electron chi connectivity index (χ4n) is 2.33. The average Bonchev–Trinajstić information content (AvgIpc) is 3.03. The third kappa shape index (κ3) is 3.42. The van der Waals surface area contributed by atoms with E-state index in [1.54, 1.807) is 36.6 Å². The zero-order valence-corrected chi connectivity index (χ0v) is 14.2. The SMILES string of the molecule is CCC(NC(=O)c1csc(C(C)C)n1)(C(=O)O)c1ccccc1. The topological polar surface area (TPSA) is 79.3 Å². The number of carboxylic acids is 1. The largest absolute Gasteiger partial charge is 0.479 e. The lowest BCUT2D eigenvalue weighted by Crippen LogP contribution is -2.51. The maximum Gasteiger partial charge on any atom is 0.334 e. The second-order valence-corrected chi connectivity index (χ2v) is 6.50. The number of carbonyl (C=O) groups is 2. The van der Waals surface area contributed by atoms with Gasteiger partial charge in [0.05, 0.1) is 5.01 Å². The van der Waals surface area contributed by atoms with Crippen LogP contribution in [0.25, 0.3) is 0 Å². The molecule has 1 unspecified atom stereocenters. The molecule has 23 heavy (non-hydrogen) atoms. The van der Waals surface area contributed by atoms with Crippen LogP contribution in [0, 0.1) is 0 Å². The lowest BCUT2D eigenvalue weighted by atomic mass is 9.87. The molecule has 0 aliphatic carbocycles. The molecule has 1 heterocycles. The molecule has 0 radical (unpaired) electrons. The fraction of sp³-hybridized carbons (Fsp3) is 0.353. The molecule has 5 nitrogen and oxygen atoms in total. The third-order valence-electron chi connectivity index (χ3n) is 3.74. The van der Waals surface area contributed by atoms with Gasteiger partial charge in [-0.2, -0.15) is 0 Å². The number of amides is 1. The number of nitrogens with zero attached hydrogens (tertiary/aromatic N) is 1. The summed E-state index contributed by atoms with van der Waals surface area (Å²) in [6.45, 7) is 5.73. The first-order valence-electron chi connectivity index (χ1n) is 7.47. The summed E-state index contributed by atoms with van der Waals surface area (Å²) < 4.78 is 0. The number of benzene rings is 1. The van der Waals surface area contributed by atoms with E-state index in [4.69, 9.17) is 0 Å². The number of carbonyl (C=O) groups excluding carboxylic acids is 1. The molecule has 122 valence electrons. The number of carboxylic acid groups (broad SMARTS) is 1. The highest BCUT2D eigenvalue weighted by Gasteiger charge is 2.40. The standard InChI is InChI=1S/C17H20N2O3S/c1-4-17(16(21)22,12-8-6-5-7-9-12)19-14(20)13-10-23-15(18-13)11(2)3/h5-11H,4H2,1-3H3,(H,19,20)(H,21,22). The van der Waals surface area contributed by atoms with Crippen LogP contribution in [0.1, 0.15) is 54.2 Å². The van der Waals surface area contributed by atoms with Crippen molar-refractivity contribution in [1.29, 1.82) is 0 Å². The van der Waals surface area contributed by atoms with Gasteiger partial charge in [0, 0.05) is 11.3 Å². The first-order valence-corrected chi connectivity index (χ1v) is 8.35. The molecule has 0 spiro atoms. The fourth-order valence-corrected chi connectivity index (χ4v) is 3.15. The van der Waals surface area contributed by atoms with Gasteiger partial charge in [-0.25, -0.2) is 9.78 Å². The minimum Gasteiger partial charge on any atom is -0.479 e. The van der Waals surface area contributed by atoms with Gasteiger partial charge in [-0.15, -0.1) is 11.3 Å². The molecule has 2 rings (SSSR count). The van der Waals surface area contributed by atoms with Gasteiger partial charge in [-0.1, -0.05) is 51.1 Å². The summed E-state index contributed by atoms with van der Waals surface area (Å²) in [5.74, 6) is -1.33. The van der Waals surface area contributed by atoms with Crippen molar-refractivity contribution in [3.8, 4) is 0 Å². The van der Waals surface area contributed by atoms with E-state index in [0.29, 0.717) is 5.56 Å². The first kappa shape index (κ1) is 17.1. The molecule has 2 aromatic rings. The molecule has 1 aromatic carbocycles. The molecule has 0 aliphatic heterocycles. The molecule has 1 amide bonds. The van der Waals surface area contributed by atoms with Crippen molar-refractivity contribution in [3.05, 3.63) is 52.0 Å². The number of aromatic nitrogens is 1. The smallest absolute Gasteiger partial charge is 0.334 e. The van der Waals surface area contributed by atoms with Crippen LogP contribution in [-0.2, 0) is 10.3 Å². The number of nitrogens with one attached hydrogen (secondary N) is 1. The Hall–Kier alpha value is -2.21. The van der Waals surface area contributed by atoms with Crippen molar-refractivity contribution < 1.29 is 14.7 Å². The predicted octanol–water partition coefficient (Wildman–Crippen LogP) is 3.39. The van der Waals surface area contributed by atoms with Crippen molar-refractivity contribution in [3.63, 3.8) is 0 Å². The summed E-state index contributed by atoms with van der Waals surface area (Å²) in [4.78, 5) is 28.7. The average molecular weight is 332 g/mol. The predicted molar refractivity (Wildman–Crippen MR) is 89.7 cm³/mol. The van der Waals surface area contributed by atoms with Crippen LogP contribution in [-0.4, -0.2) is 22.0 Å². The number of aliphatic carboxylic acids is 1. The molecule has 6 heteroatoms. The Kier molecular flexibility index (Phi) is 5.15. The van der Waals surface area contributed by atoms with Crippen LogP contribution in [0.3, 0.4) is 0 Å². The Morgan fingerprint density at radius 3 is 2.43 bits per heavy atom. The van der Waals surface area contributed by atoms with Gasteiger partial charge in [0.2, 0.25) is 0 Å². The minimum absolute atomic E-state index is 0.228. The second-order valence-electron chi connectivity index (χ2n) is 5.61. The molecule has 1 atom stereocenters. The Morgan fingerprint density at radius 1 is 1.30 bits per heavy atom. The van der Waals surface area contributed by atoms with Crippen LogP contribution >= 0.6 is 11.3 Å². The van der Waals surface area contributed by atoms with E-state index >= 15 is 0 Å². The van der Waals surface area contributed by atoms with E-state index in [9.17, 15) is 14.7 Å². The van der Waals surface area contributed by atoms with Crippen LogP contribution < -0.4 is 5.32 Å². The molecular formula is C17H20N2O3S. The van der Waals surface area contributed by atoms with E-state index < -0.39 is 17.4 Å². The van der Waals surface area contributed by atoms with Gasteiger partial charge in [0.15, 0.2) is 5.54 Å². The van der Waals surface area contributed by atoms with Crippen molar-refractivity contribution >= 4 is 23.2 Å². The molecule has 0 bridgehead atoms. The third-order valence-corrected chi connectivity index (χ3v) is 4.88. The molecule has 0 saturated heterocycles. The Labute approximate surface area is 139 Å². The van der Waals surface area contributed by atoms with Crippen molar-refractivity contribution in [2.45, 2.75) is 38.6 Å². The van der Waals surface area contributed by atoms with Crippen LogP contribution in [0.4, 0.5) is 0 Å². The van der Waals surface area contributed by atoms with E-state index in [0.717, 1.165) is 5.01 Å². The Morgan fingerprint density at radius 2 is 1.96 bits per heavy atom. The number of hydrogen-bond acceptors (Lipinski definition) is 4. The number of rotatable bonds is 6. The van der Waals surface area contributed by atoms with E-state index in [1.165, 1.54) is 11.3 Å². The number of hydrogen-bond donors (Lipinski definition) is 2. The summed E-state index contributed by atoms with van der Waals surface area (Å²) >= 11 is 1.40. The molecule has 1 aromatic heterocycles. The molecule has 2 N–H and O–H groups in total. The number of thiazole rings is 1. The van der Waals surface area contributed by atoms with Gasteiger partial charge in [0.25, 0.3) is 5.91 Å². The van der Waals surface area contributed by atoms with Crippen molar-refractivity contribution in [2.24, 2.45) is 0 Å². The highest BCUT2D eigenvalue weighted by atomic mass is 32.1. The summed E-state index contributed by atoms with van der Waals surface area (Å²) in [5.41, 5.74) is -0.656. The minimum atomic E-state index is -1.46. The summed E-state index contributed by atoms with van der Waals surface area (Å²) in [6.07, 6.45) is 0.235. The van der Waals surface area contributed by atoms with Crippen LogP contribution in [0.2, 0.25) is 0 Å². The Bertz CT molecular complexity index is 697. The van der Waals surface area contributed by atoms with E-state index in [-0.39, 0.29) is 18.0 Å². The highest BCUT2D eigenvalue weighted by Crippen LogP contribution is 2.27. The quantitative estimate of drug-likeness (QED) is 0.850. The maximum absolute atomic E-state index is 12.5. The van der Waals surface area contributed by atoms with E-state index in [1.807, 2.05) is 19.9 Å². The van der Waals surface area contributed by atoms with Crippen LogP contribution in [0.5, 0.6) is 0 Å². The lowest BCUT2D eigenvalue weighted by Gasteiger charge is -2.29. The summed E-state index contributed by atoms with van der Waals surface area (Å²) in [6, 6.07) is 8.74. The van der Waals surface area contributed by atoms with Gasteiger partial charge < -0.3 is 10.4 Å². The van der Waals surface area contributed by atoms with E-state index in [2.05, 4.69) is 10.3 Å². The Balaban J connectivity index is 2.34. The normalized spacial score (nSPS) is 13.6. The highest BCUT2D eigenvalue weighted by molar-refractivity contribution is 7.09.